The first-order valence-corrected chi connectivity index (χ1v) is 11.1. The topological polar surface area (TPSA) is 74.2 Å². The lowest BCUT2D eigenvalue weighted by molar-refractivity contribution is -0.121. The second-order valence-electron chi connectivity index (χ2n) is 9.76. The van der Waals surface area contributed by atoms with Crippen molar-refractivity contribution in [3.63, 3.8) is 0 Å². The molecule has 2 heterocycles. The maximum atomic E-state index is 12.5. The van der Waals surface area contributed by atoms with Crippen molar-refractivity contribution in [2.24, 2.45) is 0 Å². The summed E-state index contributed by atoms with van der Waals surface area (Å²) in [4.78, 5) is 30.9. The van der Waals surface area contributed by atoms with E-state index in [-0.39, 0.29) is 18.0 Å². The molecular formula is C24H36N6O. The first-order valence-electron chi connectivity index (χ1n) is 11.1. The number of hydrogen-bond donors (Lipinski definition) is 1. The van der Waals surface area contributed by atoms with Gasteiger partial charge in [0.25, 0.3) is 0 Å². The van der Waals surface area contributed by atoms with Gasteiger partial charge in [0.1, 0.15) is 11.5 Å². The largest absolute Gasteiger partial charge is 0.350 e. The molecule has 0 fully saturated rings. The highest BCUT2D eigenvalue weighted by Crippen LogP contribution is 2.30. The maximum absolute atomic E-state index is 12.5. The molecule has 0 radical (unpaired) electrons. The Balaban J connectivity index is 1.84. The average Bonchev–Trinajstić information content (AvgIpc) is 3.14. The molecule has 168 valence electrons. The van der Waals surface area contributed by atoms with Crippen molar-refractivity contribution in [3.8, 4) is 11.5 Å². The second-order valence-corrected chi connectivity index (χ2v) is 9.76. The number of carbonyl (C=O) groups is 1. The van der Waals surface area contributed by atoms with E-state index in [4.69, 9.17) is 9.97 Å². The Morgan fingerprint density at radius 1 is 1.16 bits per heavy atom. The van der Waals surface area contributed by atoms with Gasteiger partial charge in [0.15, 0.2) is 5.82 Å². The number of hydrogen-bond acceptors (Lipinski definition) is 6. The quantitative estimate of drug-likeness (QED) is 0.702. The van der Waals surface area contributed by atoms with E-state index in [1.807, 2.05) is 38.9 Å². The van der Waals surface area contributed by atoms with Gasteiger partial charge in [-0.15, -0.1) is 0 Å². The van der Waals surface area contributed by atoms with Crippen LogP contribution in [0.3, 0.4) is 0 Å². The van der Waals surface area contributed by atoms with Crippen LogP contribution in [0.5, 0.6) is 0 Å². The lowest BCUT2D eigenvalue weighted by Crippen LogP contribution is -2.45. The molecule has 1 aliphatic carbocycles. The number of nitrogens with one attached hydrogen (secondary N) is 1. The molecule has 0 spiro atoms. The molecule has 0 bridgehead atoms. The third kappa shape index (κ3) is 6.47. The summed E-state index contributed by atoms with van der Waals surface area (Å²) in [6.07, 6.45) is 6.91. The fourth-order valence-electron chi connectivity index (χ4n) is 3.94. The van der Waals surface area contributed by atoms with Crippen molar-refractivity contribution in [3.05, 3.63) is 35.2 Å². The smallest absolute Gasteiger partial charge is 0.239 e. The van der Waals surface area contributed by atoms with Gasteiger partial charge >= 0.3 is 0 Å². The Labute approximate surface area is 186 Å². The number of pyridine rings is 1. The molecule has 3 rings (SSSR count). The summed E-state index contributed by atoms with van der Waals surface area (Å²) >= 11 is 0. The molecule has 0 saturated heterocycles. The van der Waals surface area contributed by atoms with Crippen LogP contribution in [-0.2, 0) is 24.1 Å². The highest BCUT2D eigenvalue weighted by Gasteiger charge is 2.24. The zero-order valence-corrected chi connectivity index (χ0v) is 19.8. The van der Waals surface area contributed by atoms with Crippen LogP contribution >= 0.6 is 0 Å². The van der Waals surface area contributed by atoms with Gasteiger partial charge in [0.2, 0.25) is 5.91 Å². The normalized spacial score (nSPS) is 13.4. The molecule has 2 aromatic rings. The number of carbonyl (C=O) groups excluding carboxylic acids is 1. The number of aromatic nitrogens is 3. The third-order valence-corrected chi connectivity index (χ3v) is 5.29. The van der Waals surface area contributed by atoms with Crippen LogP contribution in [0.25, 0.3) is 11.5 Å². The molecule has 7 heteroatoms. The SMILES string of the molecule is CN(C)CCCc1ccnc(-c2nc3c(c(N(C)CC(=O)NC(C)(C)C)n2)CCC3)c1. The lowest BCUT2D eigenvalue weighted by Gasteiger charge is -2.25. The van der Waals surface area contributed by atoms with Crippen LogP contribution in [0.15, 0.2) is 18.3 Å². The van der Waals surface area contributed by atoms with Crippen molar-refractivity contribution >= 4 is 11.7 Å². The third-order valence-electron chi connectivity index (χ3n) is 5.29. The fraction of sp³-hybridized carbons (Fsp3) is 0.583. The van der Waals surface area contributed by atoms with Crippen molar-refractivity contribution in [2.45, 2.75) is 58.4 Å². The number of anilines is 1. The molecule has 1 aliphatic rings. The molecule has 0 unspecified atom stereocenters. The van der Waals surface area contributed by atoms with Gasteiger partial charge < -0.3 is 15.1 Å². The van der Waals surface area contributed by atoms with Crippen LogP contribution in [0.2, 0.25) is 0 Å². The first kappa shape index (κ1) is 23.1. The summed E-state index contributed by atoms with van der Waals surface area (Å²) in [5.41, 5.74) is 4.04. The van der Waals surface area contributed by atoms with Crippen LogP contribution in [-0.4, -0.2) is 65.5 Å². The zero-order chi connectivity index (χ0) is 22.6. The Morgan fingerprint density at radius 3 is 2.65 bits per heavy atom. The molecule has 7 nitrogen and oxygen atoms in total. The number of fused-ring (bicyclic) bond motifs is 1. The molecular weight excluding hydrogens is 388 g/mol. The molecule has 1 amide bonds. The summed E-state index contributed by atoms with van der Waals surface area (Å²) < 4.78 is 0. The Morgan fingerprint density at radius 2 is 1.94 bits per heavy atom. The Hall–Kier alpha value is -2.54. The van der Waals surface area contributed by atoms with Crippen molar-refractivity contribution in [1.29, 1.82) is 0 Å². The van der Waals surface area contributed by atoms with E-state index in [2.05, 4.69) is 41.4 Å². The number of likely N-dealkylation sites (N-methyl/N-ethyl adjacent to an activating group) is 1. The van der Waals surface area contributed by atoms with Gasteiger partial charge in [0.05, 0.1) is 6.54 Å². The molecule has 0 atom stereocenters. The van der Waals surface area contributed by atoms with Gasteiger partial charge in [-0.05, 0) is 91.2 Å². The van der Waals surface area contributed by atoms with Crippen LogP contribution < -0.4 is 10.2 Å². The van der Waals surface area contributed by atoms with Gasteiger partial charge in [-0.2, -0.15) is 0 Å². The summed E-state index contributed by atoms with van der Waals surface area (Å²) in [6.45, 7) is 7.28. The lowest BCUT2D eigenvalue weighted by atomic mass is 10.1. The minimum atomic E-state index is -0.256. The van der Waals surface area contributed by atoms with E-state index in [9.17, 15) is 4.79 Å². The predicted molar refractivity (Wildman–Crippen MR) is 125 cm³/mol. The van der Waals surface area contributed by atoms with E-state index < -0.39 is 0 Å². The maximum Gasteiger partial charge on any atom is 0.239 e. The van der Waals surface area contributed by atoms with E-state index in [0.29, 0.717) is 5.82 Å². The Kier molecular flexibility index (Phi) is 7.26. The number of aryl methyl sites for hydroxylation is 2. The molecule has 0 aromatic carbocycles. The van der Waals surface area contributed by atoms with E-state index in [1.165, 1.54) is 5.56 Å². The van der Waals surface area contributed by atoms with E-state index in [1.54, 1.807) is 0 Å². The zero-order valence-electron chi connectivity index (χ0n) is 19.8. The fourth-order valence-corrected chi connectivity index (χ4v) is 3.94. The molecule has 1 N–H and O–H groups in total. The Bertz CT molecular complexity index is 919. The van der Waals surface area contributed by atoms with Crippen LogP contribution in [0.1, 0.15) is 50.4 Å². The number of rotatable bonds is 8. The molecule has 2 aromatic heterocycles. The first-order chi connectivity index (χ1) is 14.6. The number of amides is 1. The molecule has 0 saturated carbocycles. The molecule has 31 heavy (non-hydrogen) atoms. The average molecular weight is 425 g/mol. The monoisotopic (exact) mass is 424 g/mol. The van der Waals surface area contributed by atoms with Crippen molar-refractivity contribution in [1.82, 2.24) is 25.2 Å². The summed E-state index contributed by atoms with van der Waals surface area (Å²) in [6, 6.07) is 4.17. The second kappa shape index (κ2) is 9.73. The van der Waals surface area contributed by atoms with Crippen LogP contribution in [0.4, 0.5) is 5.82 Å². The predicted octanol–water partition coefficient (Wildman–Crippen LogP) is 2.87. The highest BCUT2D eigenvalue weighted by molar-refractivity contribution is 5.82. The minimum Gasteiger partial charge on any atom is -0.350 e. The summed E-state index contributed by atoms with van der Waals surface area (Å²) in [5, 5.41) is 3.03. The standard InChI is InChI=1S/C24H36N6O/c1-24(2,3)28-21(31)16-30(6)23-18-10-7-11-19(18)26-22(27-23)20-15-17(12-13-25-20)9-8-14-29(4)5/h12-13,15H,7-11,14,16H2,1-6H3,(H,28,31). The summed E-state index contributed by atoms with van der Waals surface area (Å²) in [5.74, 6) is 1.48. The van der Waals surface area contributed by atoms with Crippen molar-refractivity contribution in [2.75, 3.05) is 39.1 Å². The molecule has 0 aliphatic heterocycles. The van der Waals surface area contributed by atoms with Gasteiger partial charge in [-0.25, -0.2) is 9.97 Å². The van der Waals surface area contributed by atoms with Crippen LogP contribution in [0, 0.1) is 0 Å². The minimum absolute atomic E-state index is 0.0112. The van der Waals surface area contributed by atoms with Gasteiger partial charge in [-0.1, -0.05) is 0 Å². The van der Waals surface area contributed by atoms with Gasteiger partial charge in [0, 0.05) is 30.0 Å². The van der Waals surface area contributed by atoms with E-state index >= 15 is 0 Å². The van der Waals surface area contributed by atoms with E-state index in [0.717, 1.165) is 61.4 Å². The number of nitrogens with zero attached hydrogens (tertiary/aromatic N) is 5. The highest BCUT2D eigenvalue weighted by atomic mass is 16.2. The van der Waals surface area contributed by atoms with Crippen molar-refractivity contribution < 1.29 is 4.79 Å². The summed E-state index contributed by atoms with van der Waals surface area (Å²) in [7, 11) is 6.12. The van der Waals surface area contributed by atoms with Gasteiger partial charge in [-0.3, -0.25) is 9.78 Å².